The van der Waals surface area contributed by atoms with Gasteiger partial charge in [-0.1, -0.05) is 0 Å². The number of alkyl carbamates (subject to hydrolysis) is 1. The van der Waals surface area contributed by atoms with Gasteiger partial charge in [-0.2, -0.15) is 0 Å². The van der Waals surface area contributed by atoms with Crippen LogP contribution < -0.4 is 5.32 Å². The molecule has 0 aliphatic heterocycles. The topological polar surface area (TPSA) is 38.3 Å². The molecule has 0 radical (unpaired) electrons. The Kier molecular flexibility index (Phi) is 2.55. The molecule has 1 N–H and O–H groups in total. The van der Waals surface area contributed by atoms with Gasteiger partial charge in [0.1, 0.15) is 12.3 Å². The number of alkyl halides is 1. The molecule has 1 fully saturated rings. The predicted molar refractivity (Wildman–Crippen MR) is 42.7 cm³/mol. The fourth-order valence-corrected chi connectivity index (χ4v) is 0.752. The molecule has 0 heterocycles. The minimum Gasteiger partial charge on any atom is -0.446 e. The predicted octanol–water partition coefficient (Wildman–Crippen LogP) is 1.62. The molecule has 0 atom stereocenters. The minimum absolute atomic E-state index is 0.0345. The fourth-order valence-electron chi connectivity index (χ4n) is 0.752. The first-order valence-corrected chi connectivity index (χ1v) is 4.14. The number of amides is 1. The highest BCUT2D eigenvalue weighted by Crippen LogP contribution is 2.39. The molecule has 1 saturated carbocycles. The molecule has 0 bridgehead atoms. The molecule has 0 spiro atoms. The van der Waals surface area contributed by atoms with Crippen molar-refractivity contribution in [2.24, 2.45) is 0 Å². The number of rotatable bonds is 3. The summed E-state index contributed by atoms with van der Waals surface area (Å²) in [7, 11) is 0. The molecule has 1 rings (SSSR count). The number of hydrogen-bond acceptors (Lipinski definition) is 2. The summed E-state index contributed by atoms with van der Waals surface area (Å²) in [5, 5.41) is 2.52. The molecule has 1 amide bonds. The van der Waals surface area contributed by atoms with Crippen LogP contribution in [0.15, 0.2) is 0 Å². The first-order valence-electron chi connectivity index (χ1n) is 4.14. The van der Waals surface area contributed by atoms with Gasteiger partial charge in [0, 0.05) is 6.04 Å². The van der Waals surface area contributed by atoms with Gasteiger partial charge < -0.3 is 10.1 Å². The van der Waals surface area contributed by atoms with Gasteiger partial charge in [0.2, 0.25) is 0 Å². The van der Waals surface area contributed by atoms with Gasteiger partial charge in [0.05, 0.1) is 0 Å². The molecule has 0 aromatic heterocycles. The van der Waals surface area contributed by atoms with Crippen molar-refractivity contribution in [2.75, 3.05) is 6.61 Å². The Hall–Kier alpha value is -0.800. The van der Waals surface area contributed by atoms with Crippen LogP contribution in [0.3, 0.4) is 0 Å². The third kappa shape index (κ3) is 3.07. The Morgan fingerprint density at radius 2 is 2.25 bits per heavy atom. The van der Waals surface area contributed by atoms with Crippen molar-refractivity contribution >= 4 is 6.09 Å². The zero-order valence-corrected chi connectivity index (χ0v) is 7.39. The van der Waals surface area contributed by atoms with Gasteiger partial charge in [0.25, 0.3) is 0 Å². The third-order valence-electron chi connectivity index (χ3n) is 1.66. The van der Waals surface area contributed by atoms with E-state index in [1.54, 1.807) is 0 Å². The number of ether oxygens (including phenoxy) is 1. The summed E-state index contributed by atoms with van der Waals surface area (Å²) in [5.41, 5.74) is -1.21. The first-order chi connectivity index (χ1) is 5.52. The SMILES string of the molecule is CC(C)NC(=O)OCC1(F)CC1. The monoisotopic (exact) mass is 175 g/mol. The Morgan fingerprint density at radius 1 is 1.67 bits per heavy atom. The second kappa shape index (κ2) is 3.29. The molecule has 3 nitrogen and oxygen atoms in total. The lowest BCUT2D eigenvalue weighted by atomic mass is 10.4. The van der Waals surface area contributed by atoms with E-state index in [1.807, 2.05) is 13.8 Å². The van der Waals surface area contributed by atoms with Gasteiger partial charge in [-0.05, 0) is 26.7 Å². The maximum Gasteiger partial charge on any atom is 0.407 e. The largest absolute Gasteiger partial charge is 0.446 e. The molecule has 4 heteroatoms. The number of carbonyl (C=O) groups is 1. The first kappa shape index (κ1) is 9.29. The Balaban J connectivity index is 2.10. The van der Waals surface area contributed by atoms with Crippen LogP contribution in [0.5, 0.6) is 0 Å². The van der Waals surface area contributed by atoms with Crippen molar-refractivity contribution in [3.05, 3.63) is 0 Å². The molecular weight excluding hydrogens is 161 g/mol. The summed E-state index contributed by atoms with van der Waals surface area (Å²) in [4.78, 5) is 10.8. The zero-order valence-electron chi connectivity index (χ0n) is 7.39. The highest BCUT2D eigenvalue weighted by Gasteiger charge is 2.44. The van der Waals surface area contributed by atoms with E-state index in [1.165, 1.54) is 0 Å². The van der Waals surface area contributed by atoms with E-state index in [2.05, 4.69) is 10.1 Å². The second-order valence-corrected chi connectivity index (χ2v) is 3.53. The fraction of sp³-hybridized carbons (Fsp3) is 0.875. The van der Waals surface area contributed by atoms with Gasteiger partial charge in [-0.25, -0.2) is 9.18 Å². The van der Waals surface area contributed by atoms with Crippen molar-refractivity contribution < 1.29 is 13.9 Å². The number of hydrogen-bond donors (Lipinski definition) is 1. The van der Waals surface area contributed by atoms with Crippen LogP contribution in [-0.4, -0.2) is 24.4 Å². The zero-order chi connectivity index (χ0) is 9.19. The summed E-state index contributed by atoms with van der Waals surface area (Å²) in [6.45, 7) is 3.54. The van der Waals surface area contributed by atoms with Crippen LogP contribution in [0, 0.1) is 0 Å². The van der Waals surface area contributed by atoms with Crippen molar-refractivity contribution in [1.29, 1.82) is 0 Å². The van der Waals surface area contributed by atoms with E-state index in [-0.39, 0.29) is 12.6 Å². The lowest BCUT2D eigenvalue weighted by molar-refractivity contribution is 0.101. The van der Waals surface area contributed by atoms with E-state index >= 15 is 0 Å². The maximum atomic E-state index is 12.9. The Morgan fingerprint density at radius 3 is 2.67 bits per heavy atom. The Labute approximate surface area is 71.3 Å². The second-order valence-electron chi connectivity index (χ2n) is 3.53. The van der Waals surface area contributed by atoms with Gasteiger partial charge >= 0.3 is 6.09 Å². The third-order valence-corrected chi connectivity index (χ3v) is 1.66. The van der Waals surface area contributed by atoms with E-state index in [9.17, 15) is 9.18 Å². The van der Waals surface area contributed by atoms with E-state index in [0.717, 1.165) is 0 Å². The van der Waals surface area contributed by atoms with Gasteiger partial charge in [-0.3, -0.25) is 0 Å². The van der Waals surface area contributed by atoms with Gasteiger partial charge in [-0.15, -0.1) is 0 Å². The summed E-state index contributed by atoms with van der Waals surface area (Å²) in [6.07, 6.45) is 0.498. The van der Waals surface area contributed by atoms with E-state index in [4.69, 9.17) is 0 Å². The van der Waals surface area contributed by atoms with Crippen LogP contribution in [0.2, 0.25) is 0 Å². The normalized spacial score (nSPS) is 19.0. The summed E-state index contributed by atoms with van der Waals surface area (Å²) in [6, 6.07) is 0.0345. The average molecular weight is 175 g/mol. The van der Waals surface area contributed by atoms with Crippen LogP contribution in [0.4, 0.5) is 9.18 Å². The molecule has 1 aliphatic rings. The molecular formula is C8H14FNO2. The number of carbonyl (C=O) groups excluding carboxylic acids is 1. The van der Waals surface area contributed by atoms with Crippen LogP contribution in [-0.2, 0) is 4.74 Å². The molecule has 0 aromatic carbocycles. The van der Waals surface area contributed by atoms with Crippen molar-refractivity contribution in [2.45, 2.75) is 38.4 Å². The minimum atomic E-state index is -1.21. The molecule has 0 aromatic rings. The quantitative estimate of drug-likeness (QED) is 0.707. The van der Waals surface area contributed by atoms with Crippen molar-refractivity contribution in [1.82, 2.24) is 5.32 Å². The number of nitrogens with one attached hydrogen (secondary N) is 1. The molecule has 12 heavy (non-hydrogen) atoms. The Bertz CT molecular complexity index is 178. The standard InChI is InChI=1S/C8H14FNO2/c1-6(2)10-7(11)12-5-8(9)3-4-8/h6H,3-5H2,1-2H3,(H,10,11). The van der Waals surface area contributed by atoms with Gasteiger partial charge in [0.15, 0.2) is 0 Å². The van der Waals surface area contributed by atoms with E-state index < -0.39 is 11.8 Å². The van der Waals surface area contributed by atoms with Crippen LogP contribution >= 0.6 is 0 Å². The summed E-state index contributed by atoms with van der Waals surface area (Å²) in [5.74, 6) is 0. The summed E-state index contributed by atoms with van der Waals surface area (Å²) < 4.78 is 17.5. The summed E-state index contributed by atoms with van der Waals surface area (Å²) >= 11 is 0. The van der Waals surface area contributed by atoms with Crippen LogP contribution in [0.1, 0.15) is 26.7 Å². The van der Waals surface area contributed by atoms with Crippen molar-refractivity contribution in [3.63, 3.8) is 0 Å². The molecule has 1 aliphatic carbocycles. The lowest BCUT2D eigenvalue weighted by Gasteiger charge is -2.10. The van der Waals surface area contributed by atoms with E-state index in [0.29, 0.717) is 12.8 Å². The molecule has 70 valence electrons. The lowest BCUT2D eigenvalue weighted by Crippen LogP contribution is -2.32. The van der Waals surface area contributed by atoms with Crippen LogP contribution in [0.25, 0.3) is 0 Å². The molecule has 0 saturated heterocycles. The maximum absolute atomic E-state index is 12.9. The highest BCUT2D eigenvalue weighted by molar-refractivity contribution is 5.67. The smallest absolute Gasteiger partial charge is 0.407 e. The molecule has 0 unspecified atom stereocenters. The highest BCUT2D eigenvalue weighted by atomic mass is 19.1. The average Bonchev–Trinajstić information content (AvgIpc) is 2.64. The number of halogens is 1. The van der Waals surface area contributed by atoms with Crippen molar-refractivity contribution in [3.8, 4) is 0 Å².